The normalized spacial score (nSPS) is 12.1. The number of rotatable bonds is 5. The lowest BCUT2D eigenvalue weighted by Gasteiger charge is -2.23. The van der Waals surface area contributed by atoms with E-state index in [9.17, 15) is 9.59 Å². The third-order valence-electron chi connectivity index (χ3n) is 2.74. The second-order valence-corrected chi connectivity index (χ2v) is 6.23. The van der Waals surface area contributed by atoms with Gasteiger partial charge >= 0.3 is 5.69 Å². The number of ketones is 1. The summed E-state index contributed by atoms with van der Waals surface area (Å²) in [4.78, 5) is 29.3. The minimum absolute atomic E-state index is 0.0536. The molecule has 6 heteroatoms. The minimum Gasteiger partial charge on any atom is -0.357 e. The van der Waals surface area contributed by atoms with Crippen molar-refractivity contribution in [2.24, 2.45) is 0 Å². The number of hydrogen-bond acceptors (Lipinski definition) is 5. The van der Waals surface area contributed by atoms with E-state index in [2.05, 4.69) is 10.3 Å². The van der Waals surface area contributed by atoms with Gasteiger partial charge in [0.2, 0.25) is 0 Å². The molecule has 0 aliphatic rings. The monoisotopic (exact) mass is 292 g/mol. The minimum atomic E-state index is -0.372. The van der Waals surface area contributed by atoms with Crippen molar-refractivity contribution in [3.8, 4) is 0 Å². The Balaban J connectivity index is 3.31. The van der Waals surface area contributed by atoms with E-state index in [4.69, 9.17) is 0 Å². The van der Waals surface area contributed by atoms with E-state index in [0.29, 0.717) is 18.1 Å². The molecule has 0 amide bonds. The van der Waals surface area contributed by atoms with E-state index < -0.39 is 0 Å². The molecule has 0 radical (unpaired) electrons. The SMILES string of the molecule is CC(=O)/C=C/c1cn(C(C)(C)C)c(=O)nc1NCN(C)C. The van der Waals surface area contributed by atoms with Gasteiger partial charge in [-0.3, -0.25) is 14.3 Å². The zero-order valence-electron chi connectivity index (χ0n) is 13.6. The van der Waals surface area contributed by atoms with Crippen molar-refractivity contribution in [2.45, 2.75) is 33.2 Å². The van der Waals surface area contributed by atoms with Gasteiger partial charge in [-0.1, -0.05) is 0 Å². The summed E-state index contributed by atoms with van der Waals surface area (Å²) in [6.07, 6.45) is 4.87. The van der Waals surface area contributed by atoms with Crippen LogP contribution in [0.15, 0.2) is 17.1 Å². The molecule has 0 saturated heterocycles. The fourth-order valence-electron chi connectivity index (χ4n) is 1.65. The third kappa shape index (κ3) is 5.15. The van der Waals surface area contributed by atoms with Gasteiger partial charge in [0.25, 0.3) is 0 Å². The van der Waals surface area contributed by atoms with Gasteiger partial charge in [0.15, 0.2) is 5.78 Å². The Morgan fingerprint density at radius 3 is 2.52 bits per heavy atom. The van der Waals surface area contributed by atoms with Gasteiger partial charge in [0, 0.05) is 17.3 Å². The maximum absolute atomic E-state index is 12.1. The van der Waals surface area contributed by atoms with Crippen LogP contribution >= 0.6 is 0 Å². The van der Waals surface area contributed by atoms with Gasteiger partial charge in [-0.15, -0.1) is 0 Å². The molecule has 6 nitrogen and oxygen atoms in total. The van der Waals surface area contributed by atoms with Crippen molar-refractivity contribution in [3.05, 3.63) is 28.3 Å². The first-order valence-corrected chi connectivity index (χ1v) is 6.82. The average Bonchev–Trinajstić information content (AvgIpc) is 2.33. The van der Waals surface area contributed by atoms with E-state index in [1.54, 1.807) is 16.8 Å². The number of aromatic nitrogens is 2. The topological polar surface area (TPSA) is 67.2 Å². The molecule has 0 aliphatic heterocycles. The molecule has 0 aromatic carbocycles. The maximum atomic E-state index is 12.1. The Bertz CT molecular complexity index is 595. The van der Waals surface area contributed by atoms with E-state index >= 15 is 0 Å². The molecule has 116 valence electrons. The van der Waals surface area contributed by atoms with Crippen LogP contribution in [0.2, 0.25) is 0 Å². The summed E-state index contributed by atoms with van der Waals surface area (Å²) in [5, 5.41) is 3.09. The predicted molar refractivity (Wildman–Crippen MR) is 85.4 cm³/mol. The van der Waals surface area contributed by atoms with Gasteiger partial charge in [-0.05, 0) is 53.9 Å². The predicted octanol–water partition coefficient (Wildman–Crippen LogP) is 1.53. The Morgan fingerprint density at radius 2 is 2.05 bits per heavy atom. The highest BCUT2D eigenvalue weighted by atomic mass is 16.1. The number of carbonyl (C=O) groups excluding carboxylic acids is 1. The summed E-state index contributed by atoms with van der Waals surface area (Å²) >= 11 is 0. The van der Waals surface area contributed by atoms with E-state index in [0.717, 1.165) is 0 Å². The van der Waals surface area contributed by atoms with E-state index in [1.807, 2.05) is 39.8 Å². The molecule has 0 bridgehead atoms. The van der Waals surface area contributed by atoms with Crippen LogP contribution in [0.4, 0.5) is 5.82 Å². The largest absolute Gasteiger partial charge is 0.357 e. The van der Waals surface area contributed by atoms with Crippen molar-refractivity contribution in [2.75, 3.05) is 26.1 Å². The Hall–Kier alpha value is -1.95. The lowest BCUT2D eigenvalue weighted by molar-refractivity contribution is -0.112. The molecular weight excluding hydrogens is 268 g/mol. The second-order valence-electron chi connectivity index (χ2n) is 6.23. The first-order chi connectivity index (χ1) is 9.61. The first-order valence-electron chi connectivity index (χ1n) is 6.82. The van der Waals surface area contributed by atoms with E-state index in [1.165, 1.54) is 13.0 Å². The lowest BCUT2D eigenvalue weighted by Crippen LogP contribution is -2.36. The molecule has 0 unspecified atom stereocenters. The van der Waals surface area contributed by atoms with Crippen LogP contribution in [-0.4, -0.2) is 41.0 Å². The standard InChI is InChI=1S/C15H24N4O2/c1-11(20)7-8-12-9-19(15(2,3)4)14(21)17-13(12)16-10-18(5)6/h7-9H,10H2,1-6H3,(H,16,17,21)/b8-7+. The van der Waals surface area contributed by atoms with Gasteiger partial charge < -0.3 is 5.32 Å². The van der Waals surface area contributed by atoms with Crippen LogP contribution < -0.4 is 11.0 Å². The van der Waals surface area contributed by atoms with Gasteiger partial charge in [0.1, 0.15) is 5.82 Å². The summed E-state index contributed by atoms with van der Waals surface area (Å²) < 4.78 is 1.56. The fourth-order valence-corrected chi connectivity index (χ4v) is 1.65. The number of hydrogen-bond donors (Lipinski definition) is 1. The Labute approximate surface area is 125 Å². The van der Waals surface area contributed by atoms with Gasteiger partial charge in [0.05, 0.1) is 6.67 Å². The molecule has 1 aromatic heterocycles. The van der Waals surface area contributed by atoms with Crippen LogP contribution in [0.5, 0.6) is 0 Å². The van der Waals surface area contributed by atoms with Crippen LogP contribution in [0.3, 0.4) is 0 Å². The number of anilines is 1. The molecule has 1 heterocycles. The third-order valence-corrected chi connectivity index (χ3v) is 2.74. The second kappa shape index (κ2) is 6.67. The van der Waals surface area contributed by atoms with E-state index in [-0.39, 0.29) is 17.0 Å². The van der Waals surface area contributed by atoms with Crippen molar-refractivity contribution in [3.63, 3.8) is 0 Å². The summed E-state index contributed by atoms with van der Waals surface area (Å²) in [5.41, 5.74) is 0.0218. The number of carbonyl (C=O) groups is 1. The van der Waals surface area contributed by atoms with Crippen LogP contribution in [0.1, 0.15) is 33.3 Å². The first kappa shape index (κ1) is 17.1. The number of allylic oxidation sites excluding steroid dienone is 1. The molecular formula is C15H24N4O2. The molecule has 0 fully saturated rings. The zero-order valence-corrected chi connectivity index (χ0v) is 13.6. The fraction of sp³-hybridized carbons (Fsp3) is 0.533. The molecule has 0 atom stereocenters. The molecule has 0 spiro atoms. The van der Waals surface area contributed by atoms with Gasteiger partial charge in [-0.25, -0.2) is 4.79 Å². The van der Waals surface area contributed by atoms with Crippen LogP contribution in [0.25, 0.3) is 6.08 Å². The van der Waals surface area contributed by atoms with Crippen molar-refractivity contribution >= 4 is 17.7 Å². The highest BCUT2D eigenvalue weighted by Crippen LogP contribution is 2.17. The van der Waals surface area contributed by atoms with Crippen molar-refractivity contribution < 1.29 is 4.79 Å². The highest BCUT2D eigenvalue weighted by molar-refractivity contribution is 5.92. The lowest BCUT2D eigenvalue weighted by atomic mass is 10.1. The molecule has 0 aliphatic carbocycles. The Morgan fingerprint density at radius 1 is 1.43 bits per heavy atom. The van der Waals surface area contributed by atoms with Crippen LogP contribution in [-0.2, 0) is 10.3 Å². The summed E-state index contributed by atoms with van der Waals surface area (Å²) in [7, 11) is 3.82. The maximum Gasteiger partial charge on any atom is 0.350 e. The summed E-state index contributed by atoms with van der Waals surface area (Å²) in [5.74, 6) is 0.425. The molecule has 21 heavy (non-hydrogen) atoms. The molecule has 1 N–H and O–H groups in total. The highest BCUT2D eigenvalue weighted by Gasteiger charge is 2.17. The van der Waals surface area contributed by atoms with Gasteiger partial charge in [-0.2, -0.15) is 4.98 Å². The zero-order chi connectivity index (χ0) is 16.2. The molecule has 1 rings (SSSR count). The average molecular weight is 292 g/mol. The van der Waals surface area contributed by atoms with Crippen molar-refractivity contribution in [1.29, 1.82) is 0 Å². The summed E-state index contributed by atoms with van der Waals surface area (Å²) in [6.45, 7) is 7.83. The summed E-state index contributed by atoms with van der Waals surface area (Å²) in [6, 6.07) is 0. The number of nitrogens with one attached hydrogen (secondary N) is 1. The quantitative estimate of drug-likeness (QED) is 0.658. The smallest absolute Gasteiger partial charge is 0.350 e. The molecule has 1 aromatic rings. The number of nitrogens with zero attached hydrogens (tertiary/aromatic N) is 3. The molecule has 0 saturated carbocycles. The van der Waals surface area contributed by atoms with Crippen molar-refractivity contribution in [1.82, 2.24) is 14.5 Å². The Kier molecular flexibility index (Phi) is 5.43. The van der Waals surface area contributed by atoms with Crippen LogP contribution in [0, 0.1) is 0 Å².